The number of nitrogens with two attached hydrogens (primary N) is 1. The second-order valence-electron chi connectivity index (χ2n) is 2.93. The number of hydrogen-bond acceptors (Lipinski definition) is 5. The SMILES string of the molecule is NC1[C@@H](O)[C@H](O)C[C@@H](O)[C@H]1O. The average Bonchev–Trinajstić information content (AvgIpc) is 1.97. The van der Waals surface area contributed by atoms with Gasteiger partial charge in [0.1, 0.15) is 0 Å². The summed E-state index contributed by atoms with van der Waals surface area (Å²) in [6.45, 7) is 0. The van der Waals surface area contributed by atoms with Crippen molar-refractivity contribution < 1.29 is 20.4 Å². The average molecular weight is 163 g/mol. The molecule has 0 heterocycles. The molecule has 1 fully saturated rings. The van der Waals surface area contributed by atoms with Gasteiger partial charge in [-0.05, 0) is 0 Å². The standard InChI is InChI=1S/C6H13NO4/c7-4-5(10)2(8)1-3(9)6(4)11/h2-6,8-11H,1,7H2/t2-,3-,4?,5-,6+/m1/s1. The summed E-state index contributed by atoms with van der Waals surface area (Å²) in [7, 11) is 0. The molecule has 0 spiro atoms. The van der Waals surface area contributed by atoms with Gasteiger partial charge >= 0.3 is 0 Å². The molecule has 1 aliphatic rings. The van der Waals surface area contributed by atoms with Crippen LogP contribution in [0.5, 0.6) is 0 Å². The van der Waals surface area contributed by atoms with Crippen LogP contribution >= 0.6 is 0 Å². The zero-order chi connectivity index (χ0) is 8.59. The molecular formula is C6H13NO4. The highest BCUT2D eigenvalue weighted by Crippen LogP contribution is 2.18. The molecule has 5 heteroatoms. The second kappa shape index (κ2) is 3.04. The molecule has 0 radical (unpaired) electrons. The van der Waals surface area contributed by atoms with Gasteiger partial charge in [0.15, 0.2) is 0 Å². The number of aliphatic hydroxyl groups is 4. The predicted molar refractivity (Wildman–Crippen MR) is 36.6 cm³/mol. The van der Waals surface area contributed by atoms with Crippen molar-refractivity contribution in [3.63, 3.8) is 0 Å². The molecule has 66 valence electrons. The van der Waals surface area contributed by atoms with Crippen LogP contribution in [0.2, 0.25) is 0 Å². The zero-order valence-electron chi connectivity index (χ0n) is 5.96. The van der Waals surface area contributed by atoms with Gasteiger partial charge in [-0.3, -0.25) is 0 Å². The van der Waals surface area contributed by atoms with E-state index in [0.717, 1.165) is 0 Å². The highest BCUT2D eigenvalue weighted by molar-refractivity contribution is 4.94. The molecule has 11 heavy (non-hydrogen) atoms. The maximum atomic E-state index is 9.09. The smallest absolute Gasteiger partial charge is 0.0976 e. The summed E-state index contributed by atoms with van der Waals surface area (Å²) in [6, 6.07) is -0.964. The van der Waals surface area contributed by atoms with E-state index in [4.69, 9.17) is 26.2 Å². The van der Waals surface area contributed by atoms with E-state index in [1.807, 2.05) is 0 Å². The highest BCUT2D eigenvalue weighted by Gasteiger charge is 2.39. The summed E-state index contributed by atoms with van der Waals surface area (Å²) in [5, 5.41) is 36.2. The van der Waals surface area contributed by atoms with Crippen LogP contribution in [0.1, 0.15) is 6.42 Å². The lowest BCUT2D eigenvalue weighted by molar-refractivity contribution is -0.120. The van der Waals surface area contributed by atoms with Crippen molar-refractivity contribution in [1.29, 1.82) is 0 Å². The quantitative estimate of drug-likeness (QED) is 0.264. The van der Waals surface area contributed by atoms with Crippen molar-refractivity contribution in [3.8, 4) is 0 Å². The van der Waals surface area contributed by atoms with E-state index < -0.39 is 30.5 Å². The number of rotatable bonds is 0. The minimum Gasteiger partial charge on any atom is -0.390 e. The van der Waals surface area contributed by atoms with Crippen molar-refractivity contribution in [2.75, 3.05) is 0 Å². The van der Waals surface area contributed by atoms with Gasteiger partial charge in [0, 0.05) is 6.42 Å². The van der Waals surface area contributed by atoms with Gasteiger partial charge in [-0.2, -0.15) is 0 Å². The molecule has 6 N–H and O–H groups in total. The Morgan fingerprint density at radius 3 is 1.64 bits per heavy atom. The molecule has 0 bridgehead atoms. The Morgan fingerprint density at radius 1 is 0.909 bits per heavy atom. The molecule has 5 nitrogen and oxygen atoms in total. The van der Waals surface area contributed by atoms with Crippen molar-refractivity contribution in [3.05, 3.63) is 0 Å². The molecule has 1 unspecified atom stereocenters. The fourth-order valence-electron chi connectivity index (χ4n) is 1.24. The van der Waals surface area contributed by atoms with E-state index in [-0.39, 0.29) is 6.42 Å². The van der Waals surface area contributed by atoms with E-state index in [9.17, 15) is 0 Å². The van der Waals surface area contributed by atoms with Gasteiger partial charge < -0.3 is 26.2 Å². The maximum Gasteiger partial charge on any atom is 0.0976 e. The molecule has 0 saturated heterocycles. The van der Waals surface area contributed by atoms with Crippen LogP contribution in [-0.4, -0.2) is 50.9 Å². The third kappa shape index (κ3) is 1.52. The van der Waals surface area contributed by atoms with Crippen molar-refractivity contribution >= 4 is 0 Å². The van der Waals surface area contributed by atoms with Gasteiger partial charge in [-0.25, -0.2) is 0 Å². The minimum absolute atomic E-state index is 0.0317. The molecule has 0 aliphatic heterocycles. The highest BCUT2D eigenvalue weighted by atomic mass is 16.4. The van der Waals surface area contributed by atoms with Gasteiger partial charge in [-0.15, -0.1) is 0 Å². The van der Waals surface area contributed by atoms with Crippen molar-refractivity contribution in [2.24, 2.45) is 5.73 Å². The lowest BCUT2D eigenvalue weighted by Gasteiger charge is -2.36. The first-order chi connectivity index (χ1) is 5.04. The van der Waals surface area contributed by atoms with Crippen LogP contribution < -0.4 is 5.73 Å². The van der Waals surface area contributed by atoms with Crippen molar-refractivity contribution in [2.45, 2.75) is 36.9 Å². The normalized spacial score (nSPS) is 52.6. The Bertz CT molecular complexity index is 129. The third-order valence-electron chi connectivity index (χ3n) is 2.06. The van der Waals surface area contributed by atoms with Gasteiger partial charge in [0.2, 0.25) is 0 Å². The van der Waals surface area contributed by atoms with Crippen LogP contribution in [0.3, 0.4) is 0 Å². The van der Waals surface area contributed by atoms with Crippen LogP contribution in [-0.2, 0) is 0 Å². The fraction of sp³-hybridized carbons (Fsp3) is 1.00. The van der Waals surface area contributed by atoms with Gasteiger partial charge in [-0.1, -0.05) is 0 Å². The Labute approximate surface area is 64.1 Å². The van der Waals surface area contributed by atoms with E-state index >= 15 is 0 Å². The van der Waals surface area contributed by atoms with Crippen LogP contribution in [0.15, 0.2) is 0 Å². The molecular weight excluding hydrogens is 150 g/mol. The van der Waals surface area contributed by atoms with E-state index in [1.165, 1.54) is 0 Å². The van der Waals surface area contributed by atoms with E-state index in [2.05, 4.69) is 0 Å². The van der Waals surface area contributed by atoms with E-state index in [1.54, 1.807) is 0 Å². The largest absolute Gasteiger partial charge is 0.390 e. The number of aliphatic hydroxyl groups excluding tert-OH is 4. The molecule has 0 aromatic heterocycles. The fourth-order valence-corrected chi connectivity index (χ4v) is 1.24. The first-order valence-corrected chi connectivity index (χ1v) is 3.52. The molecule has 0 aromatic carbocycles. The van der Waals surface area contributed by atoms with Crippen LogP contribution in [0.4, 0.5) is 0 Å². The molecule has 1 rings (SSSR count). The van der Waals surface area contributed by atoms with Crippen LogP contribution in [0, 0.1) is 0 Å². The maximum absolute atomic E-state index is 9.09. The minimum atomic E-state index is -1.15. The summed E-state index contributed by atoms with van der Waals surface area (Å²) < 4.78 is 0. The number of hydrogen-bond donors (Lipinski definition) is 5. The zero-order valence-corrected chi connectivity index (χ0v) is 5.96. The first-order valence-electron chi connectivity index (χ1n) is 3.52. The van der Waals surface area contributed by atoms with Crippen LogP contribution in [0.25, 0.3) is 0 Å². The third-order valence-corrected chi connectivity index (χ3v) is 2.06. The predicted octanol–water partition coefficient (Wildman–Crippen LogP) is -2.84. The molecule has 1 aliphatic carbocycles. The second-order valence-corrected chi connectivity index (χ2v) is 2.93. The summed E-state index contributed by atoms with van der Waals surface area (Å²) in [5.74, 6) is 0. The van der Waals surface area contributed by atoms with Gasteiger partial charge in [0.05, 0.1) is 30.5 Å². The Hall–Kier alpha value is -0.200. The Morgan fingerprint density at radius 2 is 1.27 bits per heavy atom. The summed E-state index contributed by atoms with van der Waals surface area (Å²) in [6.07, 6.45) is -4.40. The van der Waals surface area contributed by atoms with Gasteiger partial charge in [0.25, 0.3) is 0 Å². The Kier molecular flexibility index (Phi) is 2.46. The summed E-state index contributed by atoms with van der Waals surface area (Å²) >= 11 is 0. The van der Waals surface area contributed by atoms with Crippen molar-refractivity contribution in [1.82, 2.24) is 0 Å². The summed E-state index contributed by atoms with van der Waals surface area (Å²) in [5.41, 5.74) is 5.28. The summed E-state index contributed by atoms with van der Waals surface area (Å²) in [4.78, 5) is 0. The molecule has 1 saturated carbocycles. The monoisotopic (exact) mass is 163 g/mol. The molecule has 5 atom stereocenters. The topological polar surface area (TPSA) is 107 Å². The molecule has 0 aromatic rings. The first kappa shape index (κ1) is 8.89. The lowest BCUT2D eigenvalue weighted by atomic mass is 9.86. The van der Waals surface area contributed by atoms with E-state index in [0.29, 0.717) is 0 Å². The Balaban J connectivity index is 2.63. The lowest BCUT2D eigenvalue weighted by Crippen LogP contribution is -2.59. The molecule has 0 amide bonds.